The van der Waals surface area contributed by atoms with Gasteiger partial charge in [0.1, 0.15) is 5.75 Å². The quantitative estimate of drug-likeness (QED) is 0.748. The molecule has 0 aliphatic heterocycles. The first-order valence-electron chi connectivity index (χ1n) is 7.78. The van der Waals surface area contributed by atoms with E-state index >= 15 is 0 Å². The number of ether oxygens (including phenoxy) is 1. The highest BCUT2D eigenvalue weighted by Gasteiger charge is 2.14. The van der Waals surface area contributed by atoms with Crippen LogP contribution in [0.3, 0.4) is 0 Å². The Hall–Kier alpha value is -1.94. The van der Waals surface area contributed by atoms with Gasteiger partial charge in [0.05, 0.1) is 0 Å². The lowest BCUT2D eigenvalue weighted by molar-refractivity contribution is -0.127. The number of aryl methyl sites for hydroxylation is 1. The molecular formula is C19H23NO2S. The molecule has 1 amide bonds. The Kier molecular flexibility index (Phi) is 7.01. The van der Waals surface area contributed by atoms with E-state index in [2.05, 4.69) is 17.4 Å². The average Bonchev–Trinajstić information content (AvgIpc) is 2.57. The van der Waals surface area contributed by atoms with E-state index in [1.807, 2.05) is 61.2 Å². The van der Waals surface area contributed by atoms with Gasteiger partial charge in [-0.25, -0.2) is 0 Å². The highest BCUT2D eigenvalue weighted by Crippen LogP contribution is 2.17. The average molecular weight is 329 g/mol. The third-order valence-corrected chi connectivity index (χ3v) is 4.45. The van der Waals surface area contributed by atoms with Crippen LogP contribution in [0.5, 0.6) is 5.75 Å². The molecule has 0 bridgehead atoms. The second-order valence-corrected chi connectivity index (χ2v) is 6.46. The zero-order valence-electron chi connectivity index (χ0n) is 13.6. The van der Waals surface area contributed by atoms with Crippen LogP contribution in [0, 0.1) is 6.92 Å². The number of nitrogens with one attached hydrogen (secondary N) is 1. The van der Waals surface area contributed by atoms with Gasteiger partial charge in [-0.2, -0.15) is 11.8 Å². The lowest BCUT2D eigenvalue weighted by Crippen LogP contribution is -2.37. The van der Waals surface area contributed by atoms with E-state index in [9.17, 15) is 4.79 Å². The van der Waals surface area contributed by atoms with Gasteiger partial charge in [-0.15, -0.1) is 0 Å². The van der Waals surface area contributed by atoms with Crippen LogP contribution in [-0.2, 0) is 10.5 Å². The summed E-state index contributed by atoms with van der Waals surface area (Å²) in [5, 5.41) is 2.92. The van der Waals surface area contributed by atoms with Gasteiger partial charge >= 0.3 is 0 Å². The van der Waals surface area contributed by atoms with Crippen molar-refractivity contribution in [2.75, 3.05) is 12.3 Å². The highest BCUT2D eigenvalue weighted by molar-refractivity contribution is 7.98. The minimum atomic E-state index is -0.491. The van der Waals surface area contributed by atoms with Crippen LogP contribution < -0.4 is 10.1 Å². The van der Waals surface area contributed by atoms with Gasteiger partial charge in [-0.1, -0.05) is 48.5 Å². The molecule has 0 heterocycles. The Labute approximate surface area is 142 Å². The first-order valence-corrected chi connectivity index (χ1v) is 8.94. The molecule has 0 aliphatic rings. The zero-order valence-corrected chi connectivity index (χ0v) is 14.4. The van der Waals surface area contributed by atoms with Gasteiger partial charge in [0.2, 0.25) is 0 Å². The van der Waals surface area contributed by atoms with Crippen LogP contribution in [0.15, 0.2) is 54.6 Å². The van der Waals surface area contributed by atoms with Crippen molar-refractivity contribution in [2.45, 2.75) is 25.7 Å². The van der Waals surface area contributed by atoms with Crippen LogP contribution in [-0.4, -0.2) is 24.3 Å². The fraction of sp³-hybridized carbons (Fsp3) is 0.316. The number of hydrogen-bond donors (Lipinski definition) is 1. The minimum absolute atomic E-state index is 0.0754. The van der Waals surface area contributed by atoms with Crippen LogP contribution >= 0.6 is 11.8 Å². The molecule has 0 unspecified atom stereocenters. The monoisotopic (exact) mass is 329 g/mol. The number of thioether (sulfide) groups is 1. The number of amides is 1. The normalized spacial score (nSPS) is 11.7. The van der Waals surface area contributed by atoms with E-state index in [1.54, 1.807) is 6.92 Å². The number of carbonyl (C=O) groups is 1. The molecule has 0 aromatic heterocycles. The Morgan fingerprint density at radius 1 is 1.13 bits per heavy atom. The number of carbonyl (C=O) groups excluding carboxylic acids is 1. The number of benzene rings is 2. The van der Waals surface area contributed by atoms with Gasteiger partial charge in [0.25, 0.3) is 5.91 Å². The molecule has 1 atom stereocenters. The molecular weight excluding hydrogens is 306 g/mol. The molecule has 1 N–H and O–H groups in total. The molecule has 4 heteroatoms. The summed E-state index contributed by atoms with van der Waals surface area (Å²) in [6.45, 7) is 4.40. The summed E-state index contributed by atoms with van der Waals surface area (Å²) in [5.74, 6) is 2.53. The van der Waals surface area contributed by atoms with Crippen molar-refractivity contribution < 1.29 is 9.53 Å². The van der Waals surface area contributed by atoms with E-state index in [4.69, 9.17) is 4.74 Å². The standard InChI is InChI=1S/C19H23NO2S/c1-15-8-6-7-11-18(15)22-16(2)19(21)20-12-13-23-14-17-9-4-3-5-10-17/h3-11,16H,12-14H2,1-2H3,(H,20,21)/t16-/m1/s1. The van der Waals surface area contributed by atoms with Gasteiger partial charge in [0.15, 0.2) is 6.10 Å². The summed E-state index contributed by atoms with van der Waals surface area (Å²) in [5.41, 5.74) is 2.34. The number of para-hydroxylation sites is 1. The van der Waals surface area contributed by atoms with E-state index < -0.39 is 6.10 Å². The molecule has 2 rings (SSSR count). The van der Waals surface area contributed by atoms with Crippen molar-refractivity contribution in [2.24, 2.45) is 0 Å². The number of rotatable bonds is 8. The maximum absolute atomic E-state index is 12.0. The molecule has 0 radical (unpaired) electrons. The minimum Gasteiger partial charge on any atom is -0.481 e. The summed E-state index contributed by atoms with van der Waals surface area (Å²) in [6, 6.07) is 18.1. The predicted octanol–water partition coefficient (Wildman–Crippen LogP) is 3.81. The highest BCUT2D eigenvalue weighted by atomic mass is 32.2. The fourth-order valence-corrected chi connectivity index (χ4v) is 2.91. The van der Waals surface area contributed by atoms with Crippen molar-refractivity contribution in [3.63, 3.8) is 0 Å². The molecule has 2 aromatic rings. The summed E-state index contributed by atoms with van der Waals surface area (Å²) in [7, 11) is 0. The van der Waals surface area contributed by atoms with Gasteiger partial charge in [0, 0.05) is 18.1 Å². The van der Waals surface area contributed by atoms with Crippen LogP contribution in [0.1, 0.15) is 18.1 Å². The molecule has 122 valence electrons. The fourth-order valence-electron chi connectivity index (χ4n) is 2.09. The Bertz CT molecular complexity index is 616. The topological polar surface area (TPSA) is 38.3 Å². The number of hydrogen-bond acceptors (Lipinski definition) is 3. The second kappa shape index (κ2) is 9.26. The molecule has 3 nitrogen and oxygen atoms in total. The third-order valence-electron chi connectivity index (χ3n) is 3.42. The lowest BCUT2D eigenvalue weighted by Gasteiger charge is -2.16. The van der Waals surface area contributed by atoms with Crippen molar-refractivity contribution in [3.05, 3.63) is 65.7 Å². The maximum Gasteiger partial charge on any atom is 0.260 e. The Morgan fingerprint density at radius 2 is 1.83 bits per heavy atom. The summed E-state index contributed by atoms with van der Waals surface area (Å²) in [4.78, 5) is 12.0. The SMILES string of the molecule is Cc1ccccc1O[C@H](C)C(=O)NCCSCc1ccccc1. The van der Waals surface area contributed by atoms with Crippen molar-refractivity contribution >= 4 is 17.7 Å². The first-order chi connectivity index (χ1) is 11.2. The smallest absolute Gasteiger partial charge is 0.260 e. The zero-order chi connectivity index (χ0) is 16.5. The van der Waals surface area contributed by atoms with E-state index in [0.29, 0.717) is 6.54 Å². The predicted molar refractivity (Wildman–Crippen MR) is 96.9 cm³/mol. The van der Waals surface area contributed by atoms with Crippen LogP contribution in [0.2, 0.25) is 0 Å². The van der Waals surface area contributed by atoms with E-state index in [1.165, 1.54) is 5.56 Å². The molecule has 0 fully saturated rings. The van der Waals surface area contributed by atoms with Gasteiger partial charge in [-0.3, -0.25) is 4.79 Å². The van der Waals surface area contributed by atoms with Crippen LogP contribution in [0.25, 0.3) is 0 Å². The Morgan fingerprint density at radius 3 is 2.57 bits per heavy atom. The molecule has 0 saturated carbocycles. The first kappa shape index (κ1) is 17.4. The van der Waals surface area contributed by atoms with E-state index in [-0.39, 0.29) is 5.91 Å². The second-order valence-electron chi connectivity index (χ2n) is 5.35. The van der Waals surface area contributed by atoms with Crippen molar-refractivity contribution in [1.29, 1.82) is 0 Å². The molecule has 2 aromatic carbocycles. The Balaban J connectivity index is 1.65. The molecule has 0 spiro atoms. The molecule has 23 heavy (non-hydrogen) atoms. The van der Waals surface area contributed by atoms with Gasteiger partial charge in [-0.05, 0) is 31.0 Å². The molecule has 0 saturated heterocycles. The summed E-state index contributed by atoms with van der Waals surface area (Å²) < 4.78 is 5.71. The maximum atomic E-state index is 12.0. The van der Waals surface area contributed by atoms with Crippen LogP contribution in [0.4, 0.5) is 0 Å². The van der Waals surface area contributed by atoms with Crippen molar-refractivity contribution in [3.8, 4) is 5.75 Å². The van der Waals surface area contributed by atoms with E-state index in [0.717, 1.165) is 22.8 Å². The largest absolute Gasteiger partial charge is 0.481 e. The van der Waals surface area contributed by atoms with Gasteiger partial charge < -0.3 is 10.1 Å². The summed E-state index contributed by atoms with van der Waals surface area (Å²) in [6.07, 6.45) is -0.491. The van der Waals surface area contributed by atoms with Crippen molar-refractivity contribution in [1.82, 2.24) is 5.32 Å². The lowest BCUT2D eigenvalue weighted by atomic mass is 10.2. The summed E-state index contributed by atoms with van der Waals surface area (Å²) >= 11 is 1.81. The molecule has 0 aliphatic carbocycles. The third kappa shape index (κ3) is 5.99.